The lowest BCUT2D eigenvalue weighted by atomic mass is 10.2. The van der Waals surface area contributed by atoms with E-state index in [1.807, 2.05) is 11.4 Å². The second-order valence-electron chi connectivity index (χ2n) is 5.22. The number of nitrogens with zero attached hydrogens (tertiary/aromatic N) is 1. The maximum absolute atomic E-state index is 13.2. The van der Waals surface area contributed by atoms with Gasteiger partial charge in [0.1, 0.15) is 0 Å². The molecule has 2 N–H and O–H groups in total. The van der Waals surface area contributed by atoms with Gasteiger partial charge < -0.3 is 10.1 Å². The molecule has 0 saturated heterocycles. The van der Waals surface area contributed by atoms with Gasteiger partial charge in [-0.1, -0.05) is 30.3 Å². The number of benzene rings is 2. The van der Waals surface area contributed by atoms with Crippen molar-refractivity contribution in [1.82, 2.24) is 10.6 Å². The van der Waals surface area contributed by atoms with Gasteiger partial charge in [0.25, 0.3) is 5.91 Å². The fourth-order valence-corrected chi connectivity index (χ4v) is 1.98. The molecule has 9 nitrogen and oxygen atoms in total. The Labute approximate surface area is 152 Å². The number of urea groups is 1. The Morgan fingerprint density at radius 2 is 1.81 bits per heavy atom. The first kappa shape index (κ1) is 19.5. The van der Waals surface area contributed by atoms with Crippen LogP contribution in [0.25, 0.3) is 0 Å². The van der Waals surface area contributed by atoms with Crippen LogP contribution in [0.15, 0.2) is 48.5 Å². The average molecular weight is 375 g/mol. The number of amides is 3. The van der Waals surface area contributed by atoms with Crippen LogP contribution in [0.2, 0.25) is 0 Å². The van der Waals surface area contributed by atoms with Crippen LogP contribution in [0.1, 0.15) is 15.9 Å². The van der Waals surface area contributed by atoms with Gasteiger partial charge in [0.2, 0.25) is 5.82 Å². The van der Waals surface area contributed by atoms with Crippen molar-refractivity contribution in [2.75, 3.05) is 6.61 Å². The molecule has 0 atom stereocenters. The fraction of sp³-hybridized carbons (Fsp3) is 0.118. The van der Waals surface area contributed by atoms with E-state index in [1.165, 1.54) is 0 Å². The van der Waals surface area contributed by atoms with Crippen molar-refractivity contribution in [2.45, 2.75) is 6.54 Å². The van der Waals surface area contributed by atoms with Gasteiger partial charge >= 0.3 is 17.7 Å². The van der Waals surface area contributed by atoms with E-state index in [0.29, 0.717) is 6.07 Å². The van der Waals surface area contributed by atoms with Crippen molar-refractivity contribution in [3.63, 3.8) is 0 Å². The van der Waals surface area contributed by atoms with Crippen LogP contribution in [0.5, 0.6) is 0 Å². The monoisotopic (exact) mass is 375 g/mol. The van der Waals surface area contributed by atoms with Crippen molar-refractivity contribution >= 4 is 23.6 Å². The molecular weight excluding hydrogens is 361 g/mol. The number of nitrogens with one attached hydrogen (secondary N) is 2. The fourth-order valence-electron chi connectivity index (χ4n) is 1.98. The highest BCUT2D eigenvalue weighted by atomic mass is 19.1. The molecule has 0 aliphatic rings. The molecule has 0 aromatic heterocycles. The molecule has 2 rings (SSSR count). The third-order valence-electron chi connectivity index (χ3n) is 3.26. The van der Waals surface area contributed by atoms with Crippen molar-refractivity contribution in [1.29, 1.82) is 0 Å². The maximum atomic E-state index is 13.2. The topological polar surface area (TPSA) is 128 Å². The molecule has 0 aliphatic carbocycles. The second-order valence-corrected chi connectivity index (χ2v) is 5.22. The van der Waals surface area contributed by atoms with Crippen molar-refractivity contribution in [3.8, 4) is 0 Å². The number of halogens is 1. The quantitative estimate of drug-likeness (QED) is 0.451. The number of ether oxygens (including phenoxy) is 1. The lowest BCUT2D eigenvalue weighted by molar-refractivity contribution is -0.387. The molecule has 0 fully saturated rings. The summed E-state index contributed by atoms with van der Waals surface area (Å²) >= 11 is 0. The summed E-state index contributed by atoms with van der Waals surface area (Å²) in [5.41, 5.74) is -0.372. The number of nitro benzene ring substituents is 1. The van der Waals surface area contributed by atoms with Crippen LogP contribution in [-0.2, 0) is 16.1 Å². The minimum Gasteiger partial charge on any atom is -0.452 e. The number of carbonyl (C=O) groups is 3. The highest BCUT2D eigenvalue weighted by Gasteiger charge is 2.19. The van der Waals surface area contributed by atoms with E-state index in [-0.39, 0.29) is 12.1 Å². The summed E-state index contributed by atoms with van der Waals surface area (Å²) in [7, 11) is 0. The molecule has 2 aromatic rings. The minimum atomic E-state index is -1.11. The van der Waals surface area contributed by atoms with E-state index in [4.69, 9.17) is 0 Å². The number of esters is 1. The van der Waals surface area contributed by atoms with E-state index in [0.717, 1.165) is 17.7 Å². The van der Waals surface area contributed by atoms with E-state index in [1.54, 1.807) is 24.3 Å². The first-order valence-corrected chi connectivity index (χ1v) is 7.59. The first-order chi connectivity index (χ1) is 12.9. The molecule has 2 aromatic carbocycles. The zero-order valence-corrected chi connectivity index (χ0v) is 13.8. The van der Waals surface area contributed by atoms with E-state index < -0.39 is 40.9 Å². The number of imide groups is 1. The Bertz CT molecular complexity index is 872. The Kier molecular flexibility index (Phi) is 6.53. The van der Waals surface area contributed by atoms with Crippen LogP contribution in [0, 0.1) is 15.9 Å². The zero-order valence-electron chi connectivity index (χ0n) is 13.8. The Morgan fingerprint density at radius 3 is 2.48 bits per heavy atom. The molecule has 0 aliphatic heterocycles. The average Bonchev–Trinajstić information content (AvgIpc) is 2.65. The predicted molar refractivity (Wildman–Crippen MR) is 90.2 cm³/mol. The lowest BCUT2D eigenvalue weighted by Gasteiger charge is -2.07. The Balaban J connectivity index is 1.81. The van der Waals surface area contributed by atoms with Gasteiger partial charge in [-0.05, 0) is 17.7 Å². The number of hydrogen-bond donors (Lipinski definition) is 2. The van der Waals surface area contributed by atoms with E-state index in [2.05, 4.69) is 10.1 Å². The predicted octanol–water partition coefficient (Wildman–Crippen LogP) is 1.92. The molecule has 0 bridgehead atoms. The van der Waals surface area contributed by atoms with Crippen molar-refractivity contribution in [2.24, 2.45) is 0 Å². The normalized spacial score (nSPS) is 9.96. The summed E-state index contributed by atoms with van der Waals surface area (Å²) in [4.78, 5) is 44.7. The summed E-state index contributed by atoms with van der Waals surface area (Å²) in [6.45, 7) is -0.595. The third-order valence-corrected chi connectivity index (χ3v) is 3.26. The summed E-state index contributed by atoms with van der Waals surface area (Å²) in [5.74, 6) is -3.08. The van der Waals surface area contributed by atoms with Crippen LogP contribution in [0.4, 0.5) is 14.9 Å². The summed E-state index contributed by atoms with van der Waals surface area (Å²) in [6, 6.07) is 10.6. The summed E-state index contributed by atoms with van der Waals surface area (Å²) in [5, 5.41) is 15.1. The van der Waals surface area contributed by atoms with Crippen LogP contribution >= 0.6 is 0 Å². The largest absolute Gasteiger partial charge is 0.452 e. The number of carbonyl (C=O) groups excluding carboxylic acids is 3. The molecule has 0 heterocycles. The summed E-state index contributed by atoms with van der Waals surface area (Å²) < 4.78 is 17.9. The second kappa shape index (κ2) is 9.04. The highest BCUT2D eigenvalue weighted by molar-refractivity contribution is 5.97. The first-order valence-electron chi connectivity index (χ1n) is 7.59. The van der Waals surface area contributed by atoms with Gasteiger partial charge in [-0.15, -0.1) is 0 Å². The van der Waals surface area contributed by atoms with Crippen LogP contribution < -0.4 is 10.6 Å². The van der Waals surface area contributed by atoms with Gasteiger partial charge in [0.15, 0.2) is 6.61 Å². The minimum absolute atomic E-state index is 0.193. The van der Waals surface area contributed by atoms with Crippen LogP contribution in [0.3, 0.4) is 0 Å². The molecule has 10 heteroatoms. The van der Waals surface area contributed by atoms with Crippen LogP contribution in [-0.4, -0.2) is 29.4 Å². The van der Waals surface area contributed by atoms with Crippen molar-refractivity contribution in [3.05, 3.63) is 75.6 Å². The SMILES string of the molecule is O=C(COC(=O)c1ccc(F)c([N+](=O)[O-])c1)NC(=O)NCc1ccccc1. The number of rotatable bonds is 6. The van der Waals surface area contributed by atoms with E-state index in [9.17, 15) is 28.9 Å². The maximum Gasteiger partial charge on any atom is 0.338 e. The van der Waals surface area contributed by atoms with Gasteiger partial charge in [-0.25, -0.2) is 9.59 Å². The van der Waals surface area contributed by atoms with Gasteiger partial charge in [0, 0.05) is 12.6 Å². The molecule has 3 amide bonds. The van der Waals surface area contributed by atoms with E-state index >= 15 is 0 Å². The third kappa shape index (κ3) is 5.88. The summed E-state index contributed by atoms with van der Waals surface area (Å²) in [6.07, 6.45) is 0. The lowest BCUT2D eigenvalue weighted by Crippen LogP contribution is -2.41. The molecule has 0 saturated carbocycles. The molecule has 0 spiro atoms. The molecule has 140 valence electrons. The van der Waals surface area contributed by atoms with Gasteiger partial charge in [-0.3, -0.25) is 20.2 Å². The Hall–Kier alpha value is -3.82. The van der Waals surface area contributed by atoms with Crippen molar-refractivity contribution < 1.29 is 28.4 Å². The molecule has 0 unspecified atom stereocenters. The molecule has 0 radical (unpaired) electrons. The molecule has 27 heavy (non-hydrogen) atoms. The zero-order chi connectivity index (χ0) is 19.8. The number of nitro groups is 1. The van der Waals surface area contributed by atoms with Gasteiger partial charge in [0.05, 0.1) is 10.5 Å². The van der Waals surface area contributed by atoms with Gasteiger partial charge in [-0.2, -0.15) is 4.39 Å². The highest BCUT2D eigenvalue weighted by Crippen LogP contribution is 2.18. The smallest absolute Gasteiger partial charge is 0.338 e. The Morgan fingerprint density at radius 1 is 1.11 bits per heavy atom. The molecular formula is C17H14FN3O6. The number of hydrogen-bond acceptors (Lipinski definition) is 6. The standard InChI is InChI=1S/C17H14FN3O6/c18-13-7-6-12(8-14(13)21(25)26)16(23)27-10-15(22)20-17(24)19-9-11-4-2-1-3-5-11/h1-8H,9-10H2,(H2,19,20,22,24).